The van der Waals surface area contributed by atoms with Crippen molar-refractivity contribution in [3.8, 4) is 0 Å². The number of hydrogen-bond donors (Lipinski definition) is 3. The van der Waals surface area contributed by atoms with E-state index in [2.05, 4.69) is 26.0 Å². The van der Waals surface area contributed by atoms with Crippen molar-refractivity contribution in [3.05, 3.63) is 46.5 Å². The van der Waals surface area contributed by atoms with Crippen molar-refractivity contribution in [1.29, 1.82) is 0 Å². The average Bonchev–Trinajstić information content (AvgIpc) is 3.16. The predicted octanol–water partition coefficient (Wildman–Crippen LogP) is 2.31. The van der Waals surface area contributed by atoms with Gasteiger partial charge in [0.15, 0.2) is 5.65 Å². The van der Waals surface area contributed by atoms with Crippen molar-refractivity contribution in [2.75, 3.05) is 24.8 Å². The van der Waals surface area contributed by atoms with Crippen LogP contribution in [0.1, 0.15) is 48.5 Å². The third kappa shape index (κ3) is 3.60. The molecule has 0 bridgehead atoms. The smallest absolute Gasteiger partial charge is 0.274 e. The van der Waals surface area contributed by atoms with Gasteiger partial charge in [-0.25, -0.2) is 4.98 Å². The van der Waals surface area contributed by atoms with Crippen LogP contribution >= 0.6 is 0 Å². The van der Waals surface area contributed by atoms with E-state index in [-0.39, 0.29) is 29.7 Å². The fourth-order valence-corrected chi connectivity index (χ4v) is 4.17. The van der Waals surface area contributed by atoms with Crippen molar-refractivity contribution in [2.24, 2.45) is 0 Å². The maximum atomic E-state index is 13.0. The summed E-state index contributed by atoms with van der Waals surface area (Å²) >= 11 is 0. The number of ether oxygens (including phenoxy) is 1. The minimum Gasteiger partial charge on any atom is -0.381 e. The summed E-state index contributed by atoms with van der Waals surface area (Å²) in [6, 6.07) is 5.69. The molecule has 1 amide bonds. The normalized spacial score (nSPS) is 20.4. The van der Waals surface area contributed by atoms with Crippen LogP contribution in [-0.2, 0) is 4.74 Å². The number of fused-ring (bicyclic) bond motifs is 1. The molecule has 0 aliphatic heterocycles. The minimum absolute atomic E-state index is 0.115. The molecule has 0 atom stereocenters. The maximum Gasteiger partial charge on any atom is 0.274 e. The van der Waals surface area contributed by atoms with Gasteiger partial charge in [-0.3, -0.25) is 9.59 Å². The van der Waals surface area contributed by atoms with E-state index in [0.717, 1.165) is 32.1 Å². The first-order chi connectivity index (χ1) is 15.6. The Hall–Kier alpha value is -3.40. The maximum absolute atomic E-state index is 13.0. The molecule has 2 fully saturated rings. The van der Waals surface area contributed by atoms with E-state index in [1.165, 1.54) is 6.20 Å². The zero-order chi connectivity index (χ0) is 22.2. The van der Waals surface area contributed by atoms with Gasteiger partial charge in [-0.15, -0.1) is 0 Å². The zero-order valence-electron chi connectivity index (χ0n) is 18.2. The van der Waals surface area contributed by atoms with E-state index in [4.69, 9.17) is 4.74 Å². The van der Waals surface area contributed by atoms with E-state index in [1.54, 1.807) is 41.6 Å². The number of nitrogens with one attached hydrogen (secondary N) is 3. The molecule has 0 aromatic carbocycles. The van der Waals surface area contributed by atoms with Crippen LogP contribution in [0.5, 0.6) is 0 Å². The Morgan fingerprint density at radius 3 is 2.78 bits per heavy atom. The van der Waals surface area contributed by atoms with Gasteiger partial charge in [0.1, 0.15) is 22.9 Å². The van der Waals surface area contributed by atoms with Gasteiger partial charge in [-0.05, 0) is 44.2 Å². The molecule has 0 spiro atoms. The summed E-state index contributed by atoms with van der Waals surface area (Å²) in [6.07, 6.45) is 8.32. The third-order valence-corrected chi connectivity index (χ3v) is 6.45. The molecule has 0 saturated heterocycles. The number of methoxy groups -OCH3 is 1. The fraction of sp³-hybridized carbons (Fsp3) is 0.455. The van der Waals surface area contributed by atoms with Gasteiger partial charge in [-0.2, -0.15) is 9.61 Å². The van der Waals surface area contributed by atoms with Gasteiger partial charge in [-0.1, -0.05) is 0 Å². The van der Waals surface area contributed by atoms with Crippen LogP contribution in [0, 0.1) is 0 Å². The van der Waals surface area contributed by atoms with Crippen molar-refractivity contribution in [2.45, 2.75) is 50.3 Å². The molecule has 168 valence electrons. The molecule has 3 N–H and O–H groups in total. The lowest BCUT2D eigenvalue weighted by Gasteiger charge is -2.35. The molecule has 0 unspecified atom stereocenters. The topological polar surface area (TPSA) is 115 Å². The number of pyridine rings is 1. The number of rotatable bonds is 7. The average molecular weight is 438 g/mol. The quantitative estimate of drug-likeness (QED) is 0.520. The largest absolute Gasteiger partial charge is 0.381 e. The molecule has 3 aromatic heterocycles. The van der Waals surface area contributed by atoms with Crippen LogP contribution in [0.3, 0.4) is 0 Å². The van der Waals surface area contributed by atoms with Crippen LogP contribution in [0.4, 0.5) is 17.3 Å². The van der Waals surface area contributed by atoms with Crippen LogP contribution < -0.4 is 21.5 Å². The molecule has 3 heterocycles. The van der Waals surface area contributed by atoms with E-state index >= 15 is 0 Å². The highest BCUT2D eigenvalue weighted by molar-refractivity contribution is 6.00. The van der Waals surface area contributed by atoms with Crippen LogP contribution in [0.25, 0.3) is 5.65 Å². The molecule has 5 rings (SSSR count). The molecule has 10 heteroatoms. The predicted molar refractivity (Wildman–Crippen MR) is 121 cm³/mol. The standard InChI is InChI=1S/C22H27N7O3/c1-23-19-11-18(26-17-7-4-8-28(22(17)31)14-9-15(10-14)32-2)27-20-16(12-24-29(19)20)21(30)25-13-5-3-6-13/h4,7-8,11-15,23H,3,5-6,9-10H2,1-2H3,(H,25,30)(H,26,27). The van der Waals surface area contributed by atoms with Gasteiger partial charge in [0.2, 0.25) is 0 Å². The molecule has 3 aromatic rings. The Morgan fingerprint density at radius 1 is 1.28 bits per heavy atom. The van der Waals surface area contributed by atoms with E-state index in [9.17, 15) is 9.59 Å². The van der Waals surface area contributed by atoms with Gasteiger partial charge >= 0.3 is 0 Å². The third-order valence-electron chi connectivity index (χ3n) is 6.45. The van der Waals surface area contributed by atoms with E-state index in [0.29, 0.717) is 28.5 Å². The molecule has 32 heavy (non-hydrogen) atoms. The summed E-state index contributed by atoms with van der Waals surface area (Å²) in [5.41, 5.74) is 1.14. The lowest BCUT2D eigenvalue weighted by molar-refractivity contribution is 0.00522. The Bertz CT molecular complexity index is 1210. The number of amides is 1. The minimum atomic E-state index is -0.184. The Kier molecular flexibility index (Phi) is 5.30. The van der Waals surface area contributed by atoms with Crippen LogP contribution in [-0.4, -0.2) is 51.4 Å². The lowest BCUT2D eigenvalue weighted by Crippen LogP contribution is -2.39. The summed E-state index contributed by atoms with van der Waals surface area (Å²) in [6.45, 7) is 0. The highest BCUT2D eigenvalue weighted by Crippen LogP contribution is 2.33. The Balaban J connectivity index is 1.45. The van der Waals surface area contributed by atoms with E-state index < -0.39 is 0 Å². The SMILES string of the molecule is CNc1cc(Nc2cccn(C3CC(OC)C3)c2=O)nc2c(C(=O)NC3CCC3)cnn12. The molecule has 2 saturated carbocycles. The van der Waals surface area contributed by atoms with Crippen molar-refractivity contribution in [3.63, 3.8) is 0 Å². The molecule has 0 radical (unpaired) electrons. The van der Waals surface area contributed by atoms with E-state index in [1.807, 2.05) is 6.07 Å². The molecule has 2 aliphatic carbocycles. The fourth-order valence-electron chi connectivity index (χ4n) is 4.17. The number of carbonyl (C=O) groups excluding carboxylic acids is 1. The first kappa shape index (κ1) is 20.5. The van der Waals surface area contributed by atoms with Crippen LogP contribution in [0.2, 0.25) is 0 Å². The molecular weight excluding hydrogens is 410 g/mol. The molecule has 10 nitrogen and oxygen atoms in total. The summed E-state index contributed by atoms with van der Waals surface area (Å²) in [5, 5.41) is 13.6. The summed E-state index contributed by atoms with van der Waals surface area (Å²) in [4.78, 5) is 30.4. The summed E-state index contributed by atoms with van der Waals surface area (Å²) < 4.78 is 8.67. The second-order valence-electron chi connectivity index (χ2n) is 8.41. The second kappa shape index (κ2) is 8.27. The number of nitrogens with zero attached hydrogens (tertiary/aromatic N) is 4. The zero-order valence-corrected chi connectivity index (χ0v) is 18.2. The number of aromatic nitrogens is 4. The first-order valence-electron chi connectivity index (χ1n) is 11.0. The van der Waals surface area contributed by atoms with Crippen LogP contribution in [0.15, 0.2) is 35.4 Å². The van der Waals surface area contributed by atoms with Crippen molar-refractivity contribution in [1.82, 2.24) is 24.5 Å². The van der Waals surface area contributed by atoms with Crippen molar-refractivity contribution >= 4 is 28.9 Å². The summed E-state index contributed by atoms with van der Waals surface area (Å²) in [5.74, 6) is 0.924. The Morgan fingerprint density at radius 2 is 2.09 bits per heavy atom. The Labute approximate surface area is 185 Å². The second-order valence-corrected chi connectivity index (χ2v) is 8.41. The molecule has 2 aliphatic rings. The van der Waals surface area contributed by atoms with Gasteiger partial charge in [0, 0.05) is 38.5 Å². The molecular formula is C22H27N7O3. The number of anilines is 3. The first-order valence-corrected chi connectivity index (χ1v) is 11.0. The number of carbonyl (C=O) groups is 1. The lowest BCUT2D eigenvalue weighted by atomic mass is 9.89. The number of hydrogen-bond acceptors (Lipinski definition) is 7. The van der Waals surface area contributed by atoms with Gasteiger partial charge in [0.05, 0.1) is 12.3 Å². The monoisotopic (exact) mass is 437 g/mol. The highest BCUT2D eigenvalue weighted by atomic mass is 16.5. The van der Waals surface area contributed by atoms with Gasteiger partial charge in [0.25, 0.3) is 11.5 Å². The van der Waals surface area contributed by atoms with Gasteiger partial charge < -0.3 is 25.3 Å². The summed E-state index contributed by atoms with van der Waals surface area (Å²) in [7, 11) is 3.46. The highest BCUT2D eigenvalue weighted by Gasteiger charge is 2.31. The van der Waals surface area contributed by atoms with Crippen molar-refractivity contribution < 1.29 is 9.53 Å².